The van der Waals surface area contributed by atoms with Crippen molar-refractivity contribution >= 4 is 27.5 Å². The fourth-order valence-corrected chi connectivity index (χ4v) is 2.11. The van der Waals surface area contributed by atoms with Gasteiger partial charge in [-0.25, -0.2) is 5.43 Å². The Labute approximate surface area is 133 Å². The van der Waals surface area contributed by atoms with Crippen LogP contribution in [0.2, 0.25) is 0 Å². The number of rotatable bonds is 4. The number of hydrogen-bond donors (Lipinski definition) is 1. The van der Waals surface area contributed by atoms with E-state index < -0.39 is 0 Å². The van der Waals surface area contributed by atoms with Crippen molar-refractivity contribution in [3.05, 3.63) is 69.7 Å². The van der Waals surface area contributed by atoms with Crippen LogP contribution in [0.15, 0.2) is 58.1 Å². The van der Waals surface area contributed by atoms with E-state index in [1.807, 2.05) is 31.2 Å². The van der Waals surface area contributed by atoms with Crippen LogP contribution in [0.4, 0.5) is 0 Å². The number of nitrogens with one attached hydrogen (secondary N) is 1. The molecule has 0 aliphatic rings. The average Bonchev–Trinajstić information content (AvgIpc) is 2.53. The van der Waals surface area contributed by atoms with Gasteiger partial charge in [0, 0.05) is 10.0 Å². The molecule has 1 amide bonds. The molecule has 1 N–H and O–H groups in total. The van der Waals surface area contributed by atoms with Gasteiger partial charge in [-0.2, -0.15) is 5.10 Å². The lowest BCUT2D eigenvalue weighted by atomic mass is 10.1. The summed E-state index contributed by atoms with van der Waals surface area (Å²) in [6, 6.07) is 15.3. The number of benzene rings is 2. The van der Waals surface area contributed by atoms with Gasteiger partial charge in [0.25, 0.3) is 5.91 Å². The van der Waals surface area contributed by atoms with Crippen molar-refractivity contribution in [2.24, 2.45) is 5.10 Å². The zero-order chi connectivity index (χ0) is 15.2. The van der Waals surface area contributed by atoms with Crippen LogP contribution in [0.3, 0.4) is 0 Å². The Kier molecular flexibility index (Phi) is 5.28. The summed E-state index contributed by atoms with van der Waals surface area (Å²) in [7, 11) is 0. The fraction of sp³-hybridized carbons (Fsp3) is 0.176. The van der Waals surface area contributed by atoms with Crippen LogP contribution in [0.1, 0.15) is 35.3 Å². The Balaban J connectivity index is 2.05. The van der Waals surface area contributed by atoms with Gasteiger partial charge in [-0.1, -0.05) is 47.1 Å². The van der Waals surface area contributed by atoms with Gasteiger partial charge in [0.2, 0.25) is 0 Å². The van der Waals surface area contributed by atoms with Gasteiger partial charge in [-0.3, -0.25) is 4.79 Å². The maximum Gasteiger partial charge on any atom is 0.271 e. The minimum Gasteiger partial charge on any atom is -0.267 e. The lowest BCUT2D eigenvalue weighted by Gasteiger charge is -2.04. The number of nitrogens with zero attached hydrogens (tertiary/aromatic N) is 1. The molecule has 0 saturated heterocycles. The van der Waals surface area contributed by atoms with Crippen LogP contribution in [0, 0.1) is 0 Å². The minimum atomic E-state index is -0.216. The fourth-order valence-electron chi connectivity index (χ4n) is 1.85. The van der Waals surface area contributed by atoms with Crippen molar-refractivity contribution in [2.45, 2.75) is 20.3 Å². The van der Waals surface area contributed by atoms with Gasteiger partial charge < -0.3 is 0 Å². The molecule has 0 radical (unpaired) electrons. The molecule has 0 bridgehead atoms. The third-order valence-corrected chi connectivity index (χ3v) is 3.74. The molecule has 0 spiro atoms. The molecule has 0 heterocycles. The zero-order valence-corrected chi connectivity index (χ0v) is 13.6. The van der Waals surface area contributed by atoms with E-state index >= 15 is 0 Å². The van der Waals surface area contributed by atoms with Crippen molar-refractivity contribution in [2.75, 3.05) is 0 Å². The first-order chi connectivity index (χ1) is 10.1. The summed E-state index contributed by atoms with van der Waals surface area (Å²) in [6.07, 6.45) is 1.01. The Morgan fingerprint density at radius 2 is 1.62 bits per heavy atom. The standard InChI is InChI=1S/C17H17BrN2O/c1-3-13-4-6-14(7-5-13)12(2)19-20-17(21)15-8-10-16(18)11-9-15/h4-11H,3H2,1-2H3,(H,20,21)/b19-12-. The first kappa shape index (κ1) is 15.4. The number of hydrogen-bond acceptors (Lipinski definition) is 2. The van der Waals surface area contributed by atoms with Crippen LogP contribution in [-0.4, -0.2) is 11.6 Å². The van der Waals surface area contributed by atoms with Crippen LogP contribution in [0.25, 0.3) is 0 Å². The Hall–Kier alpha value is -1.94. The van der Waals surface area contributed by atoms with Crippen LogP contribution in [0.5, 0.6) is 0 Å². The van der Waals surface area contributed by atoms with E-state index in [2.05, 4.69) is 45.5 Å². The van der Waals surface area contributed by atoms with Crippen molar-refractivity contribution in [3.63, 3.8) is 0 Å². The largest absolute Gasteiger partial charge is 0.271 e. The Morgan fingerprint density at radius 1 is 1.05 bits per heavy atom. The maximum atomic E-state index is 12.0. The van der Waals surface area contributed by atoms with Crippen molar-refractivity contribution < 1.29 is 4.79 Å². The molecule has 0 unspecified atom stereocenters. The predicted molar refractivity (Wildman–Crippen MR) is 89.6 cm³/mol. The van der Waals surface area contributed by atoms with Gasteiger partial charge in [0.1, 0.15) is 0 Å². The molecular formula is C17H17BrN2O. The number of halogens is 1. The summed E-state index contributed by atoms with van der Waals surface area (Å²) in [4.78, 5) is 12.0. The number of carbonyl (C=O) groups excluding carboxylic acids is 1. The molecule has 0 aliphatic carbocycles. The molecule has 2 rings (SSSR count). The minimum absolute atomic E-state index is 0.216. The van der Waals surface area contributed by atoms with Crippen molar-refractivity contribution in [1.29, 1.82) is 0 Å². The quantitative estimate of drug-likeness (QED) is 0.656. The highest BCUT2D eigenvalue weighted by molar-refractivity contribution is 9.10. The van der Waals surface area contributed by atoms with E-state index in [-0.39, 0.29) is 5.91 Å². The van der Waals surface area contributed by atoms with Crippen LogP contribution < -0.4 is 5.43 Å². The molecule has 108 valence electrons. The molecular weight excluding hydrogens is 328 g/mol. The highest BCUT2D eigenvalue weighted by Gasteiger charge is 2.04. The van der Waals surface area contributed by atoms with Crippen molar-refractivity contribution in [3.8, 4) is 0 Å². The highest BCUT2D eigenvalue weighted by Crippen LogP contribution is 2.10. The molecule has 3 nitrogen and oxygen atoms in total. The van der Waals surface area contributed by atoms with E-state index in [9.17, 15) is 4.79 Å². The van der Waals surface area contributed by atoms with Gasteiger partial charge in [-0.05, 0) is 48.7 Å². The second-order valence-corrected chi connectivity index (χ2v) is 5.61. The smallest absolute Gasteiger partial charge is 0.267 e. The summed E-state index contributed by atoms with van der Waals surface area (Å²) in [5.41, 5.74) is 6.23. The number of aryl methyl sites for hydroxylation is 1. The monoisotopic (exact) mass is 344 g/mol. The van der Waals surface area contributed by atoms with E-state index in [4.69, 9.17) is 0 Å². The molecule has 4 heteroatoms. The second-order valence-electron chi connectivity index (χ2n) is 4.70. The summed E-state index contributed by atoms with van der Waals surface area (Å²) >= 11 is 3.34. The summed E-state index contributed by atoms with van der Waals surface area (Å²) in [6.45, 7) is 4.00. The normalized spacial score (nSPS) is 11.3. The van der Waals surface area contributed by atoms with Gasteiger partial charge in [0.05, 0.1) is 5.71 Å². The van der Waals surface area contributed by atoms with Gasteiger partial charge >= 0.3 is 0 Å². The van der Waals surface area contributed by atoms with Crippen LogP contribution in [-0.2, 0) is 6.42 Å². The number of carbonyl (C=O) groups is 1. The third-order valence-electron chi connectivity index (χ3n) is 3.21. The molecule has 2 aromatic rings. The van der Waals surface area contributed by atoms with Gasteiger partial charge in [-0.15, -0.1) is 0 Å². The molecule has 0 aliphatic heterocycles. The SMILES string of the molecule is CCc1ccc(/C(C)=N\NC(=O)c2ccc(Br)cc2)cc1. The Bertz CT molecular complexity index is 645. The Morgan fingerprint density at radius 3 is 2.19 bits per heavy atom. The third kappa shape index (κ3) is 4.26. The molecule has 2 aromatic carbocycles. The van der Waals surface area contributed by atoms with Crippen molar-refractivity contribution in [1.82, 2.24) is 5.43 Å². The van der Waals surface area contributed by atoms with E-state index in [0.717, 1.165) is 22.2 Å². The molecule has 21 heavy (non-hydrogen) atoms. The number of hydrazone groups is 1. The highest BCUT2D eigenvalue weighted by atomic mass is 79.9. The topological polar surface area (TPSA) is 41.5 Å². The molecule has 0 saturated carbocycles. The van der Waals surface area contributed by atoms with E-state index in [0.29, 0.717) is 5.56 Å². The summed E-state index contributed by atoms with van der Waals surface area (Å²) in [5, 5.41) is 4.15. The van der Waals surface area contributed by atoms with Gasteiger partial charge in [0.15, 0.2) is 0 Å². The first-order valence-corrected chi connectivity index (χ1v) is 7.59. The maximum absolute atomic E-state index is 12.0. The van der Waals surface area contributed by atoms with E-state index in [1.165, 1.54) is 5.56 Å². The summed E-state index contributed by atoms with van der Waals surface area (Å²) < 4.78 is 0.940. The number of amides is 1. The molecule has 0 atom stereocenters. The molecule has 0 aromatic heterocycles. The lowest BCUT2D eigenvalue weighted by Crippen LogP contribution is -2.19. The summed E-state index contributed by atoms with van der Waals surface area (Å²) in [5.74, 6) is -0.216. The van der Waals surface area contributed by atoms with E-state index in [1.54, 1.807) is 12.1 Å². The molecule has 0 fully saturated rings. The lowest BCUT2D eigenvalue weighted by molar-refractivity contribution is 0.0955. The second kappa shape index (κ2) is 7.18. The van der Waals surface area contributed by atoms with Crippen LogP contribution >= 0.6 is 15.9 Å². The zero-order valence-electron chi connectivity index (χ0n) is 12.1. The average molecular weight is 345 g/mol. The first-order valence-electron chi connectivity index (χ1n) is 6.79. The predicted octanol–water partition coefficient (Wildman–Crippen LogP) is 4.17.